The first-order valence-electron chi connectivity index (χ1n) is 27.0. The van der Waals surface area contributed by atoms with Crippen LogP contribution in [0.3, 0.4) is 0 Å². The van der Waals surface area contributed by atoms with E-state index in [-0.39, 0.29) is 12.0 Å². The third-order valence-corrected chi connectivity index (χ3v) is 8.93. The Bertz CT molecular complexity index is 866. The Morgan fingerprint density at radius 3 is 0.754 bits per heavy atom. The minimum absolute atomic E-state index is 0.0355. The van der Waals surface area contributed by atoms with E-state index in [2.05, 4.69) is 240 Å². The molecule has 0 saturated heterocycles. The number of hydrogen-bond acceptors (Lipinski definition) is 0. The topological polar surface area (TPSA) is 0 Å². The summed E-state index contributed by atoms with van der Waals surface area (Å²) in [7, 11) is 0. The molecule has 0 radical (unpaired) electrons. The van der Waals surface area contributed by atoms with E-state index < -0.39 is 6.18 Å². The predicted octanol–water partition coefficient (Wildman–Crippen LogP) is 24.5. The SMILES string of the molecule is C/C=C/C(C)C.CC(C)/C=C\C(F)(F)F.CC(C)=CC(C)C.CC(C)C.CC(C)C(C)(C)C.CC(C)C(C)C.CC(C)CC(C)C.CC(C)CCC(C)C.CCC(C)C.CCCC(C)C. The van der Waals surface area contributed by atoms with Crippen LogP contribution < -0.4 is 0 Å². The van der Waals surface area contributed by atoms with E-state index in [1.165, 1.54) is 44.1 Å². The summed E-state index contributed by atoms with van der Waals surface area (Å²) in [6.45, 7) is 76.7. The molecule has 0 atom stereocenters. The zero-order chi connectivity index (χ0) is 54.9. The first-order valence-corrected chi connectivity index (χ1v) is 27.0. The average molecular weight is 938 g/mol. The first-order chi connectivity index (χ1) is 28.9. The van der Waals surface area contributed by atoms with E-state index in [0.717, 1.165) is 71.2 Å². The van der Waals surface area contributed by atoms with Gasteiger partial charge in [-0.05, 0) is 110 Å². The summed E-state index contributed by atoms with van der Waals surface area (Å²) in [4.78, 5) is 0. The largest absolute Gasteiger partial charge is 0.409 e. The fraction of sp³-hybridized carbons (Fsp3) is 0.903. The first kappa shape index (κ1) is 87.1. The second-order valence-corrected chi connectivity index (χ2v) is 24.5. The molecule has 0 amide bonds. The van der Waals surface area contributed by atoms with Gasteiger partial charge in [0.15, 0.2) is 0 Å². The maximum absolute atomic E-state index is 11.3. The van der Waals surface area contributed by atoms with Gasteiger partial charge in [0, 0.05) is 6.08 Å². The van der Waals surface area contributed by atoms with E-state index in [1.807, 2.05) is 6.92 Å². The van der Waals surface area contributed by atoms with Gasteiger partial charge in [-0.2, -0.15) is 13.2 Å². The van der Waals surface area contributed by atoms with Crippen molar-refractivity contribution in [2.45, 2.75) is 287 Å². The lowest BCUT2D eigenvalue weighted by atomic mass is 9.84. The Morgan fingerprint density at radius 1 is 0.446 bits per heavy atom. The highest BCUT2D eigenvalue weighted by Gasteiger charge is 2.21. The van der Waals surface area contributed by atoms with Crippen LogP contribution in [0.5, 0.6) is 0 Å². The van der Waals surface area contributed by atoms with Crippen molar-refractivity contribution in [3.63, 3.8) is 0 Å². The average Bonchev–Trinajstić information content (AvgIpc) is 3.06. The van der Waals surface area contributed by atoms with Gasteiger partial charge in [0.2, 0.25) is 0 Å². The molecule has 0 aromatic heterocycles. The van der Waals surface area contributed by atoms with Crippen molar-refractivity contribution < 1.29 is 13.2 Å². The molecule has 0 aromatic rings. The summed E-state index contributed by atoms with van der Waals surface area (Å²) in [5.41, 5.74) is 1.91. The third kappa shape index (κ3) is 181. The highest BCUT2D eigenvalue weighted by molar-refractivity contribution is 4.94. The smallest absolute Gasteiger partial charge is 0.167 e. The van der Waals surface area contributed by atoms with E-state index >= 15 is 0 Å². The van der Waals surface area contributed by atoms with Gasteiger partial charge in [0.25, 0.3) is 0 Å². The van der Waals surface area contributed by atoms with Gasteiger partial charge in [0.05, 0.1) is 0 Å². The summed E-state index contributed by atoms with van der Waals surface area (Å²) in [5, 5.41) is 0. The molecule has 0 aromatic carbocycles. The van der Waals surface area contributed by atoms with Crippen LogP contribution in [0.1, 0.15) is 281 Å². The molecule has 0 unspecified atom stereocenters. The maximum Gasteiger partial charge on any atom is 0.409 e. The van der Waals surface area contributed by atoms with Crippen LogP contribution in [0.4, 0.5) is 13.2 Å². The Hall–Kier alpha value is -0.990. The molecule has 0 heterocycles. The van der Waals surface area contributed by atoms with Crippen LogP contribution in [0.2, 0.25) is 0 Å². The predicted molar refractivity (Wildman–Crippen MR) is 307 cm³/mol. The molecule has 0 rings (SSSR count). The van der Waals surface area contributed by atoms with E-state index in [1.54, 1.807) is 13.8 Å². The Labute approximate surface area is 416 Å². The number of hydrogen-bond donors (Lipinski definition) is 0. The molecule has 0 aliphatic rings. The molecule has 0 nitrogen and oxygen atoms in total. The van der Waals surface area contributed by atoms with Gasteiger partial charge in [-0.3, -0.25) is 0 Å². The van der Waals surface area contributed by atoms with Gasteiger partial charge in [-0.1, -0.05) is 284 Å². The van der Waals surface area contributed by atoms with Crippen molar-refractivity contribution in [2.24, 2.45) is 82.3 Å². The van der Waals surface area contributed by atoms with Crippen LogP contribution >= 0.6 is 0 Å². The Morgan fingerprint density at radius 2 is 0.723 bits per heavy atom. The lowest BCUT2D eigenvalue weighted by Gasteiger charge is -2.22. The second kappa shape index (κ2) is 59.1. The van der Waals surface area contributed by atoms with E-state index in [0.29, 0.717) is 11.3 Å². The van der Waals surface area contributed by atoms with Crippen molar-refractivity contribution in [3.05, 3.63) is 36.0 Å². The molecule has 0 N–H and O–H groups in total. The van der Waals surface area contributed by atoms with Gasteiger partial charge < -0.3 is 0 Å². The number of alkyl halides is 3. The summed E-state index contributed by atoms with van der Waals surface area (Å²) < 4.78 is 34.0. The minimum atomic E-state index is -4.15. The van der Waals surface area contributed by atoms with Crippen LogP contribution in [0, 0.1) is 82.3 Å². The van der Waals surface area contributed by atoms with Crippen molar-refractivity contribution >= 4 is 0 Å². The van der Waals surface area contributed by atoms with Crippen molar-refractivity contribution in [2.75, 3.05) is 0 Å². The molecule has 404 valence electrons. The lowest BCUT2D eigenvalue weighted by Crippen LogP contribution is -2.12. The summed E-state index contributed by atoms with van der Waals surface area (Å²) >= 11 is 0. The normalized spacial score (nSPS) is 11.1. The number of halogens is 3. The molecule has 0 spiro atoms. The quantitative estimate of drug-likeness (QED) is 0.171. The molecule has 0 bridgehead atoms. The molecular weight excluding hydrogens is 802 g/mol. The highest BCUT2D eigenvalue weighted by Crippen LogP contribution is 2.23. The molecule has 3 heteroatoms. The van der Waals surface area contributed by atoms with Crippen LogP contribution in [-0.2, 0) is 0 Å². The molecule has 0 saturated carbocycles. The Balaban J connectivity index is -0.0000000650. The molecule has 0 fully saturated rings. The minimum Gasteiger partial charge on any atom is -0.167 e. The zero-order valence-corrected chi connectivity index (χ0v) is 52.3. The van der Waals surface area contributed by atoms with Gasteiger partial charge in [-0.15, -0.1) is 0 Å². The lowest BCUT2D eigenvalue weighted by molar-refractivity contribution is -0.0802. The van der Waals surface area contributed by atoms with Crippen LogP contribution in [-0.4, -0.2) is 6.18 Å². The van der Waals surface area contributed by atoms with E-state index in [9.17, 15) is 13.2 Å². The van der Waals surface area contributed by atoms with Crippen LogP contribution in [0.25, 0.3) is 0 Å². The summed E-state index contributed by atoms with van der Waals surface area (Å²) in [6, 6.07) is 0. The van der Waals surface area contributed by atoms with Gasteiger partial charge in [-0.25, -0.2) is 0 Å². The number of allylic oxidation sites excluding steroid dienone is 6. The molecule has 65 heavy (non-hydrogen) atoms. The van der Waals surface area contributed by atoms with Crippen molar-refractivity contribution in [3.8, 4) is 0 Å². The fourth-order valence-electron chi connectivity index (χ4n) is 3.54. The van der Waals surface area contributed by atoms with Crippen LogP contribution in [0.15, 0.2) is 36.0 Å². The van der Waals surface area contributed by atoms with Gasteiger partial charge in [0.1, 0.15) is 0 Å². The van der Waals surface area contributed by atoms with Gasteiger partial charge >= 0.3 is 6.18 Å². The third-order valence-electron chi connectivity index (χ3n) is 8.93. The molecule has 0 aliphatic carbocycles. The van der Waals surface area contributed by atoms with E-state index in [4.69, 9.17) is 0 Å². The highest BCUT2D eigenvalue weighted by atomic mass is 19.4. The maximum atomic E-state index is 11.3. The zero-order valence-electron chi connectivity index (χ0n) is 52.3. The monoisotopic (exact) mass is 937 g/mol. The number of rotatable bonds is 12. The fourth-order valence-corrected chi connectivity index (χ4v) is 3.54. The van der Waals surface area contributed by atoms with Crippen molar-refractivity contribution in [1.29, 1.82) is 0 Å². The molecule has 0 aliphatic heterocycles. The summed E-state index contributed by atoms with van der Waals surface area (Å²) in [6.07, 6.45) is 11.9. The standard InChI is InChI=1S/C8H18.2C7H16.C7H14.C6H9F3.2C6H14.C6H12.C5H12.C4H10/c1-7(2)5-6-8(3)4;1-6(2)7(3,4)5;2*1-6(2)5-7(3)4;1-5(2)3-4-6(7,8)9;1-5(2)6(3)4;2*1-4-5-6(2)3;1-4-5(2)3;1-4(2)3/h7-8H,5-6H2,1-4H3;6H,1-5H3;6-7H,5H2,1-4H3;5-6H,1-4H3;3-5H,1-2H3;5-6H,1-4H3;6H,4-5H2,1-3H3;4-6H,1-3H3;5H,4H2,1-3H3;4H,1-3H3/b;;;;4-3-;;;5-4+;;. The second-order valence-electron chi connectivity index (χ2n) is 24.5. The molecular formula is C62H135F3. The Kier molecular flexibility index (Phi) is 79.3. The van der Waals surface area contributed by atoms with Crippen molar-refractivity contribution in [1.82, 2.24) is 0 Å². The summed E-state index contributed by atoms with van der Waals surface area (Å²) in [5.74, 6) is 10.0.